The van der Waals surface area contributed by atoms with Gasteiger partial charge < -0.3 is 19.3 Å². The van der Waals surface area contributed by atoms with Gasteiger partial charge in [-0.3, -0.25) is 4.79 Å². The van der Waals surface area contributed by atoms with E-state index in [4.69, 9.17) is 14.0 Å². The Morgan fingerprint density at radius 1 is 0.935 bits per heavy atom. The Morgan fingerprint density at radius 3 is 2.45 bits per heavy atom. The van der Waals surface area contributed by atoms with E-state index in [9.17, 15) is 4.79 Å². The number of hydrogen-bond donors (Lipinski definition) is 1. The van der Waals surface area contributed by atoms with Gasteiger partial charge >= 0.3 is 0 Å². The number of methoxy groups -OCH3 is 2. The van der Waals surface area contributed by atoms with Crippen molar-refractivity contribution in [2.75, 3.05) is 19.5 Å². The summed E-state index contributed by atoms with van der Waals surface area (Å²) in [5.74, 6) is 1.74. The number of ether oxygens (including phenoxy) is 2. The molecule has 4 rings (SSSR count). The third-order valence-electron chi connectivity index (χ3n) is 4.84. The number of para-hydroxylation sites is 2. The van der Waals surface area contributed by atoms with Crippen molar-refractivity contribution in [1.82, 2.24) is 10.1 Å². The Bertz CT molecular complexity index is 1220. The molecule has 4 aromatic rings. The van der Waals surface area contributed by atoms with Gasteiger partial charge in [0.2, 0.25) is 5.82 Å². The van der Waals surface area contributed by atoms with Crippen LogP contribution >= 0.6 is 0 Å². The van der Waals surface area contributed by atoms with Crippen LogP contribution in [0.3, 0.4) is 0 Å². The van der Waals surface area contributed by atoms with E-state index in [1.165, 1.54) is 0 Å². The van der Waals surface area contributed by atoms with Crippen LogP contribution in [-0.4, -0.2) is 30.3 Å². The number of carbonyl (C=O) groups is 1. The minimum atomic E-state index is -0.289. The summed E-state index contributed by atoms with van der Waals surface area (Å²) < 4.78 is 16.1. The number of rotatable bonds is 6. The van der Waals surface area contributed by atoms with Crippen LogP contribution in [-0.2, 0) is 0 Å². The molecule has 0 bridgehead atoms. The lowest BCUT2D eigenvalue weighted by Gasteiger charge is -2.12. The number of amides is 1. The molecule has 0 fully saturated rings. The van der Waals surface area contributed by atoms with Gasteiger partial charge in [-0.05, 0) is 55.0 Å². The standard InChI is InChI=1S/C24H21N3O4/c1-15-7-6-9-19(21(15)30-3)23(28)25-20-10-5-4-8-18(20)24-26-22(27-31-24)16-11-13-17(29-2)14-12-16/h4-14H,1-3H3,(H,25,28). The SMILES string of the molecule is COc1ccc(-c2noc(-c3ccccc3NC(=O)c3cccc(C)c3OC)n2)cc1. The maximum atomic E-state index is 12.9. The molecule has 0 aliphatic carbocycles. The first kappa shape index (κ1) is 20.2. The first-order valence-corrected chi connectivity index (χ1v) is 9.63. The number of aromatic nitrogens is 2. The molecule has 1 heterocycles. The predicted octanol–water partition coefficient (Wildman–Crippen LogP) is 4.98. The summed E-state index contributed by atoms with van der Waals surface area (Å²) in [4.78, 5) is 17.4. The maximum absolute atomic E-state index is 12.9. The summed E-state index contributed by atoms with van der Waals surface area (Å²) in [6.07, 6.45) is 0. The Morgan fingerprint density at radius 2 is 1.71 bits per heavy atom. The lowest BCUT2D eigenvalue weighted by molar-refractivity contribution is 0.102. The fourth-order valence-electron chi connectivity index (χ4n) is 3.26. The van der Waals surface area contributed by atoms with Crippen molar-refractivity contribution in [2.45, 2.75) is 6.92 Å². The van der Waals surface area contributed by atoms with Gasteiger partial charge in [0.05, 0.1) is 31.0 Å². The highest BCUT2D eigenvalue weighted by Crippen LogP contribution is 2.30. The van der Waals surface area contributed by atoms with Crippen LogP contribution in [0.2, 0.25) is 0 Å². The van der Waals surface area contributed by atoms with Crippen LogP contribution in [0.15, 0.2) is 71.3 Å². The molecule has 1 N–H and O–H groups in total. The lowest BCUT2D eigenvalue weighted by atomic mass is 10.1. The van der Waals surface area contributed by atoms with Crippen molar-refractivity contribution >= 4 is 11.6 Å². The van der Waals surface area contributed by atoms with Crippen molar-refractivity contribution in [3.05, 3.63) is 77.9 Å². The average Bonchev–Trinajstić information content (AvgIpc) is 3.29. The number of nitrogens with one attached hydrogen (secondary N) is 1. The molecule has 0 unspecified atom stereocenters. The Kier molecular flexibility index (Phi) is 5.66. The summed E-state index contributed by atoms with van der Waals surface area (Å²) in [5.41, 5.74) is 3.30. The van der Waals surface area contributed by atoms with Crippen LogP contribution in [0.1, 0.15) is 15.9 Å². The van der Waals surface area contributed by atoms with Crippen LogP contribution in [0, 0.1) is 6.92 Å². The zero-order chi connectivity index (χ0) is 21.8. The van der Waals surface area contributed by atoms with Crippen molar-refractivity contribution in [3.8, 4) is 34.3 Å². The highest BCUT2D eigenvalue weighted by atomic mass is 16.5. The first-order chi connectivity index (χ1) is 15.1. The van der Waals surface area contributed by atoms with E-state index in [0.717, 1.165) is 16.9 Å². The summed E-state index contributed by atoms with van der Waals surface area (Å²) in [6.45, 7) is 1.89. The summed E-state index contributed by atoms with van der Waals surface area (Å²) in [7, 11) is 3.16. The van der Waals surface area contributed by atoms with Gasteiger partial charge in [-0.1, -0.05) is 29.4 Å². The number of hydrogen-bond acceptors (Lipinski definition) is 6. The minimum absolute atomic E-state index is 0.289. The molecule has 1 amide bonds. The van der Waals surface area contributed by atoms with Crippen molar-refractivity contribution < 1.29 is 18.8 Å². The molecule has 0 saturated heterocycles. The summed E-state index contributed by atoms with van der Waals surface area (Å²) >= 11 is 0. The second kappa shape index (κ2) is 8.71. The number of anilines is 1. The third kappa shape index (κ3) is 4.11. The molecular formula is C24H21N3O4. The summed E-state index contributed by atoms with van der Waals surface area (Å²) in [6, 6.07) is 20.1. The molecule has 0 aliphatic rings. The van der Waals surface area contributed by atoms with Crippen molar-refractivity contribution in [2.24, 2.45) is 0 Å². The lowest BCUT2D eigenvalue weighted by Crippen LogP contribution is -2.14. The zero-order valence-electron chi connectivity index (χ0n) is 17.4. The molecule has 156 valence electrons. The average molecular weight is 415 g/mol. The van der Waals surface area contributed by atoms with Gasteiger partial charge in [0.15, 0.2) is 0 Å². The zero-order valence-corrected chi connectivity index (χ0v) is 17.4. The van der Waals surface area contributed by atoms with Gasteiger partial charge in [0, 0.05) is 5.56 Å². The van der Waals surface area contributed by atoms with Gasteiger partial charge in [0.1, 0.15) is 11.5 Å². The van der Waals surface area contributed by atoms with Gasteiger partial charge in [-0.15, -0.1) is 0 Å². The number of aryl methyl sites for hydroxylation is 1. The molecule has 0 radical (unpaired) electrons. The molecule has 0 aliphatic heterocycles. The smallest absolute Gasteiger partial charge is 0.260 e. The van der Waals surface area contributed by atoms with E-state index in [1.807, 2.05) is 61.5 Å². The fraction of sp³-hybridized carbons (Fsp3) is 0.125. The Hall–Kier alpha value is -4.13. The second-order valence-electron chi connectivity index (χ2n) is 6.81. The Balaban J connectivity index is 1.63. The quantitative estimate of drug-likeness (QED) is 0.478. The topological polar surface area (TPSA) is 86.5 Å². The van der Waals surface area contributed by atoms with E-state index in [-0.39, 0.29) is 5.91 Å². The number of carbonyl (C=O) groups excluding carboxylic acids is 1. The predicted molar refractivity (Wildman–Crippen MR) is 117 cm³/mol. The second-order valence-corrected chi connectivity index (χ2v) is 6.81. The van der Waals surface area contributed by atoms with E-state index in [0.29, 0.717) is 34.3 Å². The van der Waals surface area contributed by atoms with Crippen molar-refractivity contribution in [3.63, 3.8) is 0 Å². The molecule has 31 heavy (non-hydrogen) atoms. The molecule has 0 spiro atoms. The molecule has 7 nitrogen and oxygen atoms in total. The van der Waals surface area contributed by atoms with E-state index < -0.39 is 0 Å². The molecule has 0 atom stereocenters. The maximum Gasteiger partial charge on any atom is 0.260 e. The van der Waals surface area contributed by atoms with Gasteiger partial charge in [-0.2, -0.15) is 4.98 Å². The number of benzene rings is 3. The van der Waals surface area contributed by atoms with E-state index in [2.05, 4.69) is 15.5 Å². The van der Waals surface area contributed by atoms with Gasteiger partial charge in [-0.25, -0.2) is 0 Å². The van der Waals surface area contributed by atoms with E-state index >= 15 is 0 Å². The highest BCUT2D eigenvalue weighted by molar-refractivity contribution is 6.08. The third-order valence-corrected chi connectivity index (χ3v) is 4.84. The normalized spacial score (nSPS) is 10.5. The monoisotopic (exact) mass is 415 g/mol. The number of nitrogens with zero attached hydrogens (tertiary/aromatic N) is 2. The fourth-order valence-corrected chi connectivity index (χ4v) is 3.26. The molecule has 1 aromatic heterocycles. The van der Waals surface area contributed by atoms with Crippen LogP contribution in [0.5, 0.6) is 11.5 Å². The van der Waals surface area contributed by atoms with E-state index in [1.54, 1.807) is 26.4 Å². The highest BCUT2D eigenvalue weighted by Gasteiger charge is 2.18. The van der Waals surface area contributed by atoms with Crippen LogP contribution < -0.4 is 14.8 Å². The van der Waals surface area contributed by atoms with Crippen LogP contribution in [0.25, 0.3) is 22.8 Å². The molecule has 7 heteroatoms. The first-order valence-electron chi connectivity index (χ1n) is 9.63. The van der Waals surface area contributed by atoms with Gasteiger partial charge in [0.25, 0.3) is 11.8 Å². The molecule has 0 saturated carbocycles. The molecular weight excluding hydrogens is 394 g/mol. The Labute approximate surface area is 179 Å². The van der Waals surface area contributed by atoms with Crippen LogP contribution in [0.4, 0.5) is 5.69 Å². The van der Waals surface area contributed by atoms with Crippen molar-refractivity contribution in [1.29, 1.82) is 0 Å². The minimum Gasteiger partial charge on any atom is -0.497 e. The molecule has 3 aromatic carbocycles. The largest absolute Gasteiger partial charge is 0.497 e. The summed E-state index contributed by atoms with van der Waals surface area (Å²) in [5, 5.41) is 7.00.